The van der Waals surface area contributed by atoms with Crippen LogP contribution in [0.4, 0.5) is 10.5 Å². The van der Waals surface area contributed by atoms with E-state index in [4.69, 9.17) is 4.74 Å². The summed E-state index contributed by atoms with van der Waals surface area (Å²) >= 11 is 1.33. The molecule has 1 amide bonds. The highest BCUT2D eigenvalue weighted by atomic mass is 32.1. The summed E-state index contributed by atoms with van der Waals surface area (Å²) in [6, 6.07) is 7.84. The standard InChI is InChI=1S/C15H20N4O2S/c1-15(2,3)21-14(20)17-8-11-5-4-6-12(7-11)16-9-13-10-22-19-18-13/h4-7,10,16H,8-9H2,1-3H3,(H,17,20). The van der Waals surface area contributed by atoms with Crippen LogP contribution in [0.5, 0.6) is 0 Å². The first-order chi connectivity index (χ1) is 10.4. The topological polar surface area (TPSA) is 76.1 Å². The average molecular weight is 320 g/mol. The van der Waals surface area contributed by atoms with Crippen molar-refractivity contribution in [1.82, 2.24) is 14.9 Å². The maximum atomic E-state index is 11.6. The number of nitrogens with zero attached hydrogens (tertiary/aromatic N) is 2. The Labute approximate surface area is 134 Å². The number of alkyl carbamates (subject to hydrolysis) is 1. The van der Waals surface area contributed by atoms with Gasteiger partial charge >= 0.3 is 6.09 Å². The molecule has 2 aromatic rings. The van der Waals surface area contributed by atoms with Crippen molar-refractivity contribution >= 4 is 23.3 Å². The second-order valence-corrected chi connectivity index (χ2v) is 6.42. The number of nitrogens with one attached hydrogen (secondary N) is 2. The first-order valence-corrected chi connectivity index (χ1v) is 7.82. The molecule has 0 spiro atoms. The van der Waals surface area contributed by atoms with Crippen LogP contribution in [0.2, 0.25) is 0 Å². The zero-order chi connectivity index (χ0) is 16.0. The molecule has 0 bridgehead atoms. The number of carbonyl (C=O) groups excluding carboxylic acids is 1. The molecule has 1 aromatic heterocycles. The van der Waals surface area contributed by atoms with E-state index in [9.17, 15) is 4.79 Å². The molecule has 2 N–H and O–H groups in total. The minimum absolute atomic E-state index is 0.417. The van der Waals surface area contributed by atoms with Crippen molar-refractivity contribution < 1.29 is 9.53 Å². The SMILES string of the molecule is CC(C)(C)OC(=O)NCc1cccc(NCc2csnn2)c1. The number of anilines is 1. The zero-order valence-corrected chi connectivity index (χ0v) is 13.7. The van der Waals surface area contributed by atoms with E-state index in [1.54, 1.807) is 0 Å². The molecule has 0 atom stereocenters. The van der Waals surface area contributed by atoms with E-state index in [2.05, 4.69) is 20.2 Å². The van der Waals surface area contributed by atoms with E-state index in [0.29, 0.717) is 13.1 Å². The molecule has 6 nitrogen and oxygen atoms in total. The molecule has 0 unspecified atom stereocenters. The Bertz CT molecular complexity index is 608. The summed E-state index contributed by atoms with van der Waals surface area (Å²) < 4.78 is 9.03. The fourth-order valence-electron chi connectivity index (χ4n) is 1.73. The van der Waals surface area contributed by atoms with E-state index in [-0.39, 0.29) is 0 Å². The van der Waals surface area contributed by atoms with Gasteiger partial charge in [-0.2, -0.15) is 0 Å². The van der Waals surface area contributed by atoms with Gasteiger partial charge in [0.2, 0.25) is 0 Å². The summed E-state index contributed by atoms with van der Waals surface area (Å²) in [6.45, 7) is 6.56. The molecule has 0 fully saturated rings. The van der Waals surface area contributed by atoms with Crippen LogP contribution < -0.4 is 10.6 Å². The first-order valence-electron chi connectivity index (χ1n) is 6.98. The molecule has 0 saturated carbocycles. The third-order valence-electron chi connectivity index (χ3n) is 2.64. The molecule has 0 aliphatic rings. The molecule has 1 aromatic carbocycles. The second kappa shape index (κ2) is 7.22. The van der Waals surface area contributed by atoms with Gasteiger partial charge in [-0.1, -0.05) is 16.6 Å². The molecule has 0 aliphatic carbocycles. The summed E-state index contributed by atoms with van der Waals surface area (Å²) in [7, 11) is 0. The van der Waals surface area contributed by atoms with Gasteiger partial charge in [-0.3, -0.25) is 0 Å². The summed E-state index contributed by atoms with van der Waals surface area (Å²) in [5, 5.41) is 11.9. The lowest BCUT2D eigenvalue weighted by Gasteiger charge is -2.19. The van der Waals surface area contributed by atoms with Crippen LogP contribution >= 0.6 is 11.5 Å². The van der Waals surface area contributed by atoms with Crippen LogP contribution in [0.25, 0.3) is 0 Å². The van der Waals surface area contributed by atoms with Gasteiger partial charge in [0.1, 0.15) is 5.60 Å². The maximum absolute atomic E-state index is 11.6. The summed E-state index contributed by atoms with van der Waals surface area (Å²) in [4.78, 5) is 11.6. The third kappa shape index (κ3) is 5.69. The number of hydrogen-bond acceptors (Lipinski definition) is 6. The molecule has 7 heteroatoms. The van der Waals surface area contributed by atoms with Crippen LogP contribution in [0.15, 0.2) is 29.6 Å². The molecule has 0 aliphatic heterocycles. The predicted octanol–water partition coefficient (Wildman–Crippen LogP) is 3.17. The minimum Gasteiger partial charge on any atom is -0.444 e. The normalized spacial score (nSPS) is 11.0. The van der Waals surface area contributed by atoms with Gasteiger partial charge in [-0.05, 0) is 50.0 Å². The van der Waals surface area contributed by atoms with Crippen LogP contribution in [0.3, 0.4) is 0 Å². The highest BCUT2D eigenvalue weighted by molar-refractivity contribution is 7.03. The van der Waals surface area contributed by atoms with Gasteiger partial charge in [0.05, 0.1) is 12.2 Å². The number of carbonyl (C=O) groups is 1. The Balaban J connectivity index is 1.84. The number of rotatable bonds is 5. The van der Waals surface area contributed by atoms with Gasteiger partial charge in [0, 0.05) is 17.6 Å². The molecular weight excluding hydrogens is 300 g/mol. The first kappa shape index (κ1) is 16.2. The van der Waals surface area contributed by atoms with Gasteiger partial charge in [0.25, 0.3) is 0 Å². The van der Waals surface area contributed by atoms with E-state index < -0.39 is 11.7 Å². The fraction of sp³-hybridized carbons (Fsp3) is 0.400. The lowest BCUT2D eigenvalue weighted by Crippen LogP contribution is -2.32. The lowest BCUT2D eigenvalue weighted by molar-refractivity contribution is 0.0523. The fourth-order valence-corrected chi connectivity index (χ4v) is 2.18. The smallest absolute Gasteiger partial charge is 0.407 e. The molecule has 0 saturated heterocycles. The molecule has 0 radical (unpaired) electrons. The van der Waals surface area contributed by atoms with Crippen LogP contribution in [-0.2, 0) is 17.8 Å². The van der Waals surface area contributed by atoms with Gasteiger partial charge in [0.15, 0.2) is 0 Å². The van der Waals surface area contributed by atoms with Crippen molar-refractivity contribution in [1.29, 1.82) is 0 Å². The Hall–Kier alpha value is -2.15. The number of ether oxygens (including phenoxy) is 1. The van der Waals surface area contributed by atoms with Crippen LogP contribution in [0, 0.1) is 0 Å². The minimum atomic E-state index is -0.491. The van der Waals surface area contributed by atoms with E-state index >= 15 is 0 Å². The summed E-state index contributed by atoms with van der Waals surface area (Å²) in [5.41, 5.74) is 2.38. The Kier molecular flexibility index (Phi) is 5.32. The average Bonchev–Trinajstić information content (AvgIpc) is 2.95. The van der Waals surface area contributed by atoms with Crippen molar-refractivity contribution in [2.45, 2.75) is 39.5 Å². The third-order valence-corrected chi connectivity index (χ3v) is 3.19. The highest BCUT2D eigenvalue weighted by Crippen LogP contribution is 2.12. The van der Waals surface area contributed by atoms with Crippen molar-refractivity contribution in [2.75, 3.05) is 5.32 Å². The molecule has 118 valence electrons. The predicted molar refractivity (Wildman–Crippen MR) is 86.8 cm³/mol. The monoisotopic (exact) mass is 320 g/mol. The summed E-state index contributed by atoms with van der Waals surface area (Å²) in [6.07, 6.45) is -0.417. The number of hydrogen-bond donors (Lipinski definition) is 2. The van der Waals surface area contributed by atoms with Crippen LogP contribution in [-0.4, -0.2) is 21.3 Å². The number of aromatic nitrogens is 2. The van der Waals surface area contributed by atoms with Gasteiger partial charge in [-0.15, -0.1) is 5.10 Å². The highest BCUT2D eigenvalue weighted by Gasteiger charge is 2.15. The summed E-state index contributed by atoms with van der Waals surface area (Å²) in [5.74, 6) is 0. The van der Waals surface area contributed by atoms with Crippen molar-refractivity contribution in [3.8, 4) is 0 Å². The maximum Gasteiger partial charge on any atom is 0.407 e. The van der Waals surface area contributed by atoms with E-state index in [1.165, 1.54) is 11.5 Å². The van der Waals surface area contributed by atoms with Gasteiger partial charge in [-0.25, -0.2) is 4.79 Å². The van der Waals surface area contributed by atoms with Gasteiger partial charge < -0.3 is 15.4 Å². The zero-order valence-electron chi connectivity index (χ0n) is 12.9. The molecule has 1 heterocycles. The number of amides is 1. The second-order valence-electron chi connectivity index (χ2n) is 5.81. The van der Waals surface area contributed by atoms with Crippen molar-refractivity contribution in [2.24, 2.45) is 0 Å². The molecule has 2 rings (SSSR count). The van der Waals surface area contributed by atoms with E-state index in [1.807, 2.05) is 50.4 Å². The van der Waals surface area contributed by atoms with E-state index in [0.717, 1.165) is 16.9 Å². The quantitative estimate of drug-likeness (QED) is 0.885. The number of benzene rings is 1. The van der Waals surface area contributed by atoms with Crippen molar-refractivity contribution in [3.05, 3.63) is 40.9 Å². The lowest BCUT2D eigenvalue weighted by atomic mass is 10.2. The Morgan fingerprint density at radius 1 is 1.32 bits per heavy atom. The molecular formula is C15H20N4O2S. The largest absolute Gasteiger partial charge is 0.444 e. The van der Waals surface area contributed by atoms with Crippen molar-refractivity contribution in [3.63, 3.8) is 0 Å². The Morgan fingerprint density at radius 2 is 2.14 bits per heavy atom. The Morgan fingerprint density at radius 3 is 2.82 bits per heavy atom. The van der Waals surface area contributed by atoms with Crippen LogP contribution in [0.1, 0.15) is 32.0 Å². The molecule has 22 heavy (non-hydrogen) atoms.